The molecule has 2 rings (SSSR count). The minimum atomic E-state index is 0.0952. The number of rotatable bonds is 1. The monoisotopic (exact) mass is 254 g/mol. The molecule has 17 heavy (non-hydrogen) atoms. The van der Waals surface area contributed by atoms with Crippen LogP contribution in [0.3, 0.4) is 0 Å². The molecule has 96 valence electrons. The van der Waals surface area contributed by atoms with E-state index >= 15 is 0 Å². The van der Waals surface area contributed by atoms with E-state index < -0.39 is 0 Å². The molecule has 1 aromatic rings. The number of aromatic nitrogens is 2. The highest BCUT2D eigenvalue weighted by Crippen LogP contribution is 2.34. The molecular weight excluding hydrogens is 232 g/mol. The van der Waals surface area contributed by atoms with Gasteiger partial charge in [0, 0.05) is 36.1 Å². The van der Waals surface area contributed by atoms with Gasteiger partial charge in [0.15, 0.2) is 4.77 Å². The van der Waals surface area contributed by atoms with Crippen LogP contribution >= 0.6 is 12.2 Å². The zero-order chi connectivity index (χ0) is 12.7. The highest BCUT2D eigenvalue weighted by molar-refractivity contribution is 7.71. The lowest BCUT2D eigenvalue weighted by molar-refractivity contribution is 0.0268. The molecule has 0 aliphatic carbocycles. The summed E-state index contributed by atoms with van der Waals surface area (Å²) in [7, 11) is 0. The Kier molecular flexibility index (Phi) is 3.21. The normalized spacial score (nSPS) is 20.5. The molecule has 0 saturated carbocycles. The van der Waals surface area contributed by atoms with Crippen LogP contribution in [-0.2, 0) is 15.7 Å². The van der Waals surface area contributed by atoms with Crippen LogP contribution in [0, 0.1) is 4.77 Å². The molecule has 3 nitrogen and oxygen atoms in total. The van der Waals surface area contributed by atoms with Crippen molar-refractivity contribution in [2.75, 3.05) is 13.2 Å². The third-order valence-electron chi connectivity index (χ3n) is 3.65. The Bertz CT molecular complexity index is 447. The second kappa shape index (κ2) is 4.25. The Morgan fingerprint density at radius 2 is 1.94 bits per heavy atom. The van der Waals surface area contributed by atoms with Crippen LogP contribution in [0.5, 0.6) is 0 Å². The predicted molar refractivity (Wildman–Crippen MR) is 72.0 cm³/mol. The average molecular weight is 254 g/mol. The molecule has 0 bridgehead atoms. The van der Waals surface area contributed by atoms with Crippen LogP contribution in [0.1, 0.15) is 46.2 Å². The van der Waals surface area contributed by atoms with Crippen molar-refractivity contribution in [1.82, 2.24) is 9.55 Å². The zero-order valence-electron chi connectivity index (χ0n) is 11.2. The number of hydrogen-bond donors (Lipinski definition) is 1. The van der Waals surface area contributed by atoms with E-state index in [-0.39, 0.29) is 11.0 Å². The summed E-state index contributed by atoms with van der Waals surface area (Å²) in [6.07, 6.45) is 4.12. The SMILES string of the molecule is CC(C)(C)c1c[nH]c(=S)n1C1(C)CCOCC1. The van der Waals surface area contributed by atoms with Gasteiger partial charge in [0.2, 0.25) is 0 Å². The molecule has 1 saturated heterocycles. The van der Waals surface area contributed by atoms with Crippen LogP contribution in [0.25, 0.3) is 0 Å². The Morgan fingerprint density at radius 1 is 1.35 bits per heavy atom. The van der Waals surface area contributed by atoms with E-state index in [0.29, 0.717) is 0 Å². The lowest BCUT2D eigenvalue weighted by Gasteiger charge is -2.38. The van der Waals surface area contributed by atoms with Gasteiger partial charge in [0.25, 0.3) is 0 Å². The zero-order valence-corrected chi connectivity index (χ0v) is 12.0. The Hall–Kier alpha value is -0.610. The minimum Gasteiger partial charge on any atom is -0.381 e. The lowest BCUT2D eigenvalue weighted by atomic mass is 9.87. The molecule has 1 aromatic heterocycles. The predicted octanol–water partition coefficient (Wildman–Crippen LogP) is 3.37. The van der Waals surface area contributed by atoms with Gasteiger partial charge in [-0.25, -0.2) is 0 Å². The Balaban J connectivity index is 2.50. The van der Waals surface area contributed by atoms with Crippen LogP contribution in [0.2, 0.25) is 0 Å². The third-order valence-corrected chi connectivity index (χ3v) is 3.95. The first-order valence-electron chi connectivity index (χ1n) is 6.24. The van der Waals surface area contributed by atoms with Crippen molar-refractivity contribution >= 4 is 12.2 Å². The second-order valence-corrected chi connectivity index (χ2v) is 6.56. The summed E-state index contributed by atoms with van der Waals surface area (Å²) < 4.78 is 8.61. The van der Waals surface area contributed by atoms with Gasteiger partial charge in [-0.15, -0.1) is 0 Å². The number of nitrogens with one attached hydrogen (secondary N) is 1. The number of hydrogen-bond acceptors (Lipinski definition) is 2. The van der Waals surface area contributed by atoms with E-state index in [1.807, 2.05) is 0 Å². The van der Waals surface area contributed by atoms with Gasteiger partial charge in [0.1, 0.15) is 0 Å². The fraction of sp³-hybridized carbons (Fsp3) is 0.769. The van der Waals surface area contributed by atoms with E-state index in [1.54, 1.807) is 0 Å². The smallest absolute Gasteiger partial charge is 0.177 e. The third kappa shape index (κ3) is 2.33. The van der Waals surface area contributed by atoms with Gasteiger partial charge in [-0.05, 0) is 32.0 Å². The summed E-state index contributed by atoms with van der Waals surface area (Å²) in [6, 6.07) is 0. The van der Waals surface area contributed by atoms with Crippen molar-refractivity contribution in [2.24, 2.45) is 0 Å². The summed E-state index contributed by atoms with van der Waals surface area (Å²) >= 11 is 5.46. The highest BCUT2D eigenvalue weighted by Gasteiger charge is 2.34. The van der Waals surface area contributed by atoms with Crippen molar-refractivity contribution in [1.29, 1.82) is 0 Å². The van der Waals surface area contributed by atoms with Crippen LogP contribution in [0.4, 0.5) is 0 Å². The molecule has 0 amide bonds. The molecule has 1 N–H and O–H groups in total. The number of aromatic amines is 1. The van der Waals surface area contributed by atoms with Crippen molar-refractivity contribution in [3.63, 3.8) is 0 Å². The number of ether oxygens (including phenoxy) is 1. The second-order valence-electron chi connectivity index (χ2n) is 6.17. The summed E-state index contributed by atoms with van der Waals surface area (Å²) in [5, 5.41) is 0. The molecular formula is C13H22N2OS. The number of nitrogens with zero attached hydrogens (tertiary/aromatic N) is 1. The van der Waals surface area contributed by atoms with E-state index in [1.165, 1.54) is 5.69 Å². The molecule has 2 heterocycles. The van der Waals surface area contributed by atoms with Crippen molar-refractivity contribution in [3.8, 4) is 0 Å². The van der Waals surface area contributed by atoms with E-state index in [4.69, 9.17) is 17.0 Å². The first kappa shape index (κ1) is 12.8. The molecule has 0 radical (unpaired) electrons. The fourth-order valence-corrected chi connectivity index (χ4v) is 2.87. The molecule has 1 fully saturated rings. The van der Waals surface area contributed by atoms with Crippen molar-refractivity contribution in [2.45, 2.75) is 51.5 Å². The summed E-state index contributed by atoms with van der Waals surface area (Å²) in [6.45, 7) is 10.6. The Labute approximate surface area is 108 Å². The van der Waals surface area contributed by atoms with Crippen molar-refractivity contribution in [3.05, 3.63) is 16.7 Å². The van der Waals surface area contributed by atoms with Crippen LogP contribution in [-0.4, -0.2) is 22.8 Å². The van der Waals surface area contributed by atoms with Crippen LogP contribution < -0.4 is 0 Å². The molecule has 0 unspecified atom stereocenters. The van der Waals surface area contributed by atoms with Crippen LogP contribution in [0.15, 0.2) is 6.20 Å². The quantitative estimate of drug-likeness (QED) is 0.779. The number of H-pyrrole nitrogens is 1. The van der Waals surface area contributed by atoms with E-state index in [2.05, 4.69) is 43.4 Å². The summed E-state index contributed by atoms with van der Waals surface area (Å²) in [5.41, 5.74) is 1.49. The van der Waals surface area contributed by atoms with E-state index in [9.17, 15) is 0 Å². The topological polar surface area (TPSA) is 29.9 Å². The van der Waals surface area contributed by atoms with Gasteiger partial charge < -0.3 is 14.3 Å². The molecule has 0 aromatic carbocycles. The first-order chi connectivity index (χ1) is 7.84. The van der Waals surface area contributed by atoms with Gasteiger partial charge in [-0.2, -0.15) is 0 Å². The molecule has 1 aliphatic rings. The molecule has 1 aliphatic heterocycles. The van der Waals surface area contributed by atoms with Crippen molar-refractivity contribution < 1.29 is 4.74 Å². The standard InChI is InChI=1S/C13H22N2OS/c1-12(2,3)10-9-14-11(17)15(10)13(4)5-7-16-8-6-13/h9H,5-8H2,1-4H3,(H,14,17). The summed E-state index contributed by atoms with van der Waals surface area (Å²) in [4.78, 5) is 3.20. The van der Waals surface area contributed by atoms with Gasteiger partial charge in [-0.1, -0.05) is 20.8 Å². The first-order valence-corrected chi connectivity index (χ1v) is 6.65. The molecule has 4 heteroatoms. The van der Waals surface area contributed by atoms with Gasteiger partial charge in [-0.3, -0.25) is 0 Å². The lowest BCUT2D eigenvalue weighted by Crippen LogP contribution is -2.39. The van der Waals surface area contributed by atoms with E-state index in [0.717, 1.165) is 30.8 Å². The largest absolute Gasteiger partial charge is 0.381 e. The maximum Gasteiger partial charge on any atom is 0.177 e. The van der Waals surface area contributed by atoms with Gasteiger partial charge in [0.05, 0.1) is 0 Å². The molecule has 0 atom stereocenters. The number of imidazole rings is 1. The maximum absolute atomic E-state index is 5.47. The maximum atomic E-state index is 5.47. The highest BCUT2D eigenvalue weighted by atomic mass is 32.1. The Morgan fingerprint density at radius 3 is 2.47 bits per heavy atom. The summed E-state index contributed by atoms with van der Waals surface area (Å²) in [5.74, 6) is 0. The average Bonchev–Trinajstić information content (AvgIpc) is 2.61. The molecule has 0 spiro atoms. The fourth-order valence-electron chi connectivity index (χ4n) is 2.49. The van der Waals surface area contributed by atoms with Gasteiger partial charge >= 0.3 is 0 Å². The minimum absolute atomic E-state index is 0.0952.